The number of hydrogen-bond acceptors (Lipinski definition) is 5. The monoisotopic (exact) mass is 472 g/mol. The molecule has 0 fully saturated rings. The van der Waals surface area contributed by atoms with Gasteiger partial charge in [0.2, 0.25) is 0 Å². The molecule has 0 saturated heterocycles. The van der Waals surface area contributed by atoms with Crippen LogP contribution >= 0.6 is 0 Å². The Balaban J connectivity index is 1.46. The second kappa shape index (κ2) is 8.62. The molecule has 0 amide bonds. The van der Waals surface area contributed by atoms with E-state index in [2.05, 4.69) is 44.7 Å². The van der Waals surface area contributed by atoms with Crippen LogP contribution in [0.5, 0.6) is 0 Å². The highest BCUT2D eigenvalue weighted by atomic mass is 19.1. The van der Waals surface area contributed by atoms with Gasteiger partial charge in [-0.2, -0.15) is 5.10 Å². The van der Waals surface area contributed by atoms with Crippen LogP contribution in [0.1, 0.15) is 30.0 Å². The summed E-state index contributed by atoms with van der Waals surface area (Å²) in [4.78, 5) is 12.0. The fourth-order valence-electron chi connectivity index (χ4n) is 5.52. The highest BCUT2D eigenvalue weighted by molar-refractivity contribution is 5.86. The highest BCUT2D eigenvalue weighted by Crippen LogP contribution is 2.44. The fraction of sp³-hybridized carbons (Fsp3) is 0.333. The number of rotatable bonds is 6. The molecule has 7 nitrogen and oxygen atoms in total. The molecule has 2 aliphatic heterocycles. The van der Waals surface area contributed by atoms with Crippen LogP contribution in [0.4, 0.5) is 4.39 Å². The summed E-state index contributed by atoms with van der Waals surface area (Å²) in [5, 5.41) is 11.7. The maximum atomic E-state index is 13.4. The molecular formula is C27H29FN6O. The first-order valence-corrected chi connectivity index (χ1v) is 12.1. The van der Waals surface area contributed by atoms with E-state index in [9.17, 15) is 4.39 Å². The minimum atomic E-state index is -0.496. The summed E-state index contributed by atoms with van der Waals surface area (Å²) in [6.45, 7) is 3.95. The van der Waals surface area contributed by atoms with Gasteiger partial charge in [-0.1, -0.05) is 18.2 Å². The van der Waals surface area contributed by atoms with Crippen LogP contribution in [-0.2, 0) is 16.7 Å². The summed E-state index contributed by atoms with van der Waals surface area (Å²) < 4.78 is 19.6. The number of hydrogen-bond donors (Lipinski definition) is 3. The van der Waals surface area contributed by atoms with Crippen LogP contribution in [0.15, 0.2) is 59.8 Å². The zero-order valence-electron chi connectivity index (χ0n) is 19.9. The number of aromatic nitrogens is 3. The van der Waals surface area contributed by atoms with Gasteiger partial charge in [-0.25, -0.2) is 9.37 Å². The number of imidazole rings is 1. The average molecular weight is 473 g/mol. The third-order valence-corrected chi connectivity index (χ3v) is 7.25. The van der Waals surface area contributed by atoms with Crippen molar-refractivity contribution in [3.8, 4) is 11.3 Å². The molecule has 0 spiro atoms. The van der Waals surface area contributed by atoms with Crippen LogP contribution in [0, 0.1) is 11.7 Å². The van der Waals surface area contributed by atoms with Gasteiger partial charge in [-0.05, 0) is 54.8 Å². The molecule has 4 aromatic rings. The lowest BCUT2D eigenvalue weighted by Crippen LogP contribution is -2.58. The molecule has 0 aliphatic carbocycles. The number of aromatic amines is 2. The van der Waals surface area contributed by atoms with Crippen molar-refractivity contribution in [3.05, 3.63) is 77.6 Å². The standard InChI is InChI=1S/C27H29FN6O/c1-3-35-16-27(18-13-30-34(2)15-18)25-21(20-6-4-5-7-22(20)31-25)12-23(33-27)26-29-14-24(32-26)17-8-10-19(28)11-9-17/h4-11,13-14,18,23,31,33H,3,12,15-16H2,1-2H3,(H,29,32)/t18?,23-,27?/m1/s1. The third kappa shape index (κ3) is 3.73. The van der Waals surface area contributed by atoms with Crippen LogP contribution in [0.25, 0.3) is 22.2 Å². The van der Waals surface area contributed by atoms with Crippen molar-refractivity contribution in [1.82, 2.24) is 25.3 Å². The first-order valence-electron chi connectivity index (χ1n) is 12.1. The predicted octanol–water partition coefficient (Wildman–Crippen LogP) is 4.36. The second-order valence-corrected chi connectivity index (χ2v) is 9.43. The van der Waals surface area contributed by atoms with E-state index in [0.717, 1.165) is 35.6 Å². The minimum absolute atomic E-state index is 0.0596. The van der Waals surface area contributed by atoms with E-state index in [1.807, 2.05) is 31.4 Å². The van der Waals surface area contributed by atoms with Gasteiger partial charge in [0.25, 0.3) is 0 Å². The van der Waals surface area contributed by atoms with E-state index in [1.165, 1.54) is 28.8 Å². The number of ether oxygens (including phenoxy) is 1. The number of nitrogens with zero attached hydrogens (tertiary/aromatic N) is 3. The van der Waals surface area contributed by atoms with Gasteiger partial charge in [0.05, 0.1) is 30.1 Å². The Morgan fingerprint density at radius 2 is 1.97 bits per heavy atom. The minimum Gasteiger partial charge on any atom is -0.379 e. The molecule has 2 unspecified atom stereocenters. The van der Waals surface area contributed by atoms with Crippen molar-refractivity contribution in [2.24, 2.45) is 11.0 Å². The average Bonchev–Trinajstić information content (AvgIpc) is 3.62. The van der Waals surface area contributed by atoms with Gasteiger partial charge in [0.1, 0.15) is 11.6 Å². The van der Waals surface area contributed by atoms with Gasteiger partial charge in [-0.3, -0.25) is 10.3 Å². The van der Waals surface area contributed by atoms with E-state index in [0.29, 0.717) is 13.2 Å². The molecule has 3 N–H and O–H groups in total. The van der Waals surface area contributed by atoms with Crippen LogP contribution in [-0.4, -0.2) is 53.0 Å². The van der Waals surface area contributed by atoms with E-state index in [1.54, 1.807) is 12.1 Å². The Bertz CT molecular complexity index is 1380. The number of para-hydroxylation sites is 1. The van der Waals surface area contributed by atoms with Gasteiger partial charge in [0.15, 0.2) is 0 Å². The Labute approximate surface area is 203 Å². The molecule has 35 heavy (non-hydrogen) atoms. The molecule has 4 heterocycles. The predicted molar refractivity (Wildman–Crippen MR) is 135 cm³/mol. The summed E-state index contributed by atoms with van der Waals surface area (Å²) in [5.74, 6) is 0.711. The normalized spacial score (nSPS) is 23.8. The third-order valence-electron chi connectivity index (χ3n) is 7.25. The molecule has 2 aromatic heterocycles. The topological polar surface area (TPSA) is 81.3 Å². The van der Waals surface area contributed by atoms with Crippen LogP contribution < -0.4 is 5.32 Å². The number of halogens is 1. The molecule has 2 aliphatic rings. The van der Waals surface area contributed by atoms with Crippen molar-refractivity contribution in [2.45, 2.75) is 24.9 Å². The molecule has 2 aromatic carbocycles. The first-order chi connectivity index (χ1) is 17.1. The molecule has 6 rings (SSSR count). The maximum absolute atomic E-state index is 13.4. The Morgan fingerprint density at radius 1 is 1.14 bits per heavy atom. The lowest BCUT2D eigenvalue weighted by molar-refractivity contribution is 0.0390. The van der Waals surface area contributed by atoms with E-state index in [-0.39, 0.29) is 17.8 Å². The Hall–Kier alpha value is -3.49. The molecular weight excluding hydrogens is 443 g/mol. The number of H-pyrrole nitrogens is 2. The zero-order valence-corrected chi connectivity index (χ0v) is 19.9. The maximum Gasteiger partial charge on any atom is 0.124 e. The lowest BCUT2D eigenvalue weighted by Gasteiger charge is -2.44. The van der Waals surface area contributed by atoms with Crippen LogP contribution in [0.3, 0.4) is 0 Å². The van der Waals surface area contributed by atoms with Crippen molar-refractivity contribution >= 4 is 17.1 Å². The summed E-state index contributed by atoms with van der Waals surface area (Å²) in [6.07, 6.45) is 4.64. The summed E-state index contributed by atoms with van der Waals surface area (Å²) in [7, 11) is 2.00. The van der Waals surface area contributed by atoms with E-state index >= 15 is 0 Å². The van der Waals surface area contributed by atoms with Gasteiger partial charge >= 0.3 is 0 Å². The lowest BCUT2D eigenvalue weighted by atomic mass is 9.75. The fourth-order valence-corrected chi connectivity index (χ4v) is 5.52. The largest absolute Gasteiger partial charge is 0.379 e. The molecule has 3 atom stereocenters. The molecule has 0 bridgehead atoms. The summed E-state index contributed by atoms with van der Waals surface area (Å²) >= 11 is 0. The van der Waals surface area contributed by atoms with Crippen LogP contribution in [0.2, 0.25) is 0 Å². The van der Waals surface area contributed by atoms with Gasteiger partial charge in [-0.15, -0.1) is 0 Å². The quantitative estimate of drug-likeness (QED) is 0.389. The smallest absolute Gasteiger partial charge is 0.124 e. The molecule has 8 heteroatoms. The SMILES string of the molecule is CCOCC1(C2C=NN(C)C2)N[C@@H](c2ncc(-c3ccc(F)cc3)[nH]2)Cc2c1[nH]c1ccccc21. The molecule has 0 saturated carbocycles. The van der Waals surface area contributed by atoms with E-state index in [4.69, 9.17) is 9.72 Å². The van der Waals surface area contributed by atoms with Gasteiger partial charge in [0, 0.05) is 48.9 Å². The molecule has 180 valence electrons. The number of hydrazone groups is 1. The van der Waals surface area contributed by atoms with Gasteiger partial charge < -0.3 is 14.7 Å². The van der Waals surface area contributed by atoms with Crippen molar-refractivity contribution in [3.63, 3.8) is 0 Å². The van der Waals surface area contributed by atoms with Crippen molar-refractivity contribution < 1.29 is 9.13 Å². The zero-order chi connectivity index (χ0) is 24.0. The number of fused-ring (bicyclic) bond motifs is 3. The highest BCUT2D eigenvalue weighted by Gasteiger charge is 2.49. The van der Waals surface area contributed by atoms with Crippen molar-refractivity contribution in [1.29, 1.82) is 0 Å². The number of nitrogens with one attached hydrogen (secondary N) is 3. The second-order valence-electron chi connectivity index (χ2n) is 9.43. The molecule has 0 radical (unpaired) electrons. The van der Waals surface area contributed by atoms with E-state index < -0.39 is 5.54 Å². The number of benzene rings is 2. The first kappa shape index (κ1) is 22.0. The Morgan fingerprint density at radius 3 is 2.74 bits per heavy atom. The van der Waals surface area contributed by atoms with Crippen molar-refractivity contribution in [2.75, 3.05) is 26.8 Å². The Kier molecular flexibility index (Phi) is 5.42. The summed E-state index contributed by atoms with van der Waals surface area (Å²) in [5.41, 5.74) is 4.84. The summed E-state index contributed by atoms with van der Waals surface area (Å²) in [6, 6.07) is 14.9.